The summed E-state index contributed by atoms with van der Waals surface area (Å²) in [7, 11) is 1.60. The van der Waals surface area contributed by atoms with Crippen molar-refractivity contribution in [1.82, 2.24) is 0 Å². The average molecular weight is 294 g/mol. The molecule has 0 amide bonds. The minimum absolute atomic E-state index is 0.246. The molecule has 22 heavy (non-hydrogen) atoms. The van der Waals surface area contributed by atoms with Gasteiger partial charge >= 0.3 is 6.21 Å². The van der Waals surface area contributed by atoms with Crippen molar-refractivity contribution >= 4 is 12.0 Å². The van der Waals surface area contributed by atoms with Crippen LogP contribution in [-0.4, -0.2) is 23.9 Å². The van der Waals surface area contributed by atoms with E-state index in [1.165, 1.54) is 0 Å². The molecule has 0 aromatic heterocycles. The quantitative estimate of drug-likeness (QED) is 0.467. The number of hydrogen-bond acceptors (Lipinski definition) is 2. The molecular weight excluding hydrogens is 276 g/mol. The Hall–Kier alpha value is -2.71. The zero-order valence-electron chi connectivity index (χ0n) is 12.7. The molecule has 0 bridgehead atoms. The van der Waals surface area contributed by atoms with Crippen LogP contribution in [0.2, 0.25) is 0 Å². The van der Waals surface area contributed by atoms with Crippen LogP contribution in [0.5, 0.6) is 5.75 Å². The minimum atomic E-state index is -0.806. The summed E-state index contributed by atoms with van der Waals surface area (Å²) in [5.74, 6) is 0.484. The lowest BCUT2D eigenvalue weighted by molar-refractivity contribution is -0.120. The van der Waals surface area contributed by atoms with Crippen LogP contribution in [0.3, 0.4) is 0 Å². The van der Waals surface area contributed by atoms with Crippen molar-refractivity contribution < 1.29 is 14.3 Å². The lowest BCUT2D eigenvalue weighted by Gasteiger charge is -2.26. The minimum Gasteiger partial charge on any atom is -0.497 e. The fraction of sp³-hybridized carbons (Fsp3) is 0.222. The van der Waals surface area contributed by atoms with Crippen molar-refractivity contribution in [2.75, 3.05) is 7.11 Å². The number of carbonyl (C=O) groups excluding carboxylic acids is 1. The van der Waals surface area contributed by atoms with Gasteiger partial charge in [-0.05, 0) is 36.6 Å². The van der Waals surface area contributed by atoms with E-state index < -0.39 is 5.41 Å². The van der Waals surface area contributed by atoms with Crippen LogP contribution in [0.25, 0.3) is 5.53 Å². The summed E-state index contributed by atoms with van der Waals surface area (Å²) in [5.41, 5.74) is 9.81. The van der Waals surface area contributed by atoms with Crippen molar-refractivity contribution in [3.63, 3.8) is 0 Å². The van der Waals surface area contributed by atoms with Gasteiger partial charge in [-0.15, -0.1) is 0 Å². The number of ether oxygens (including phenoxy) is 1. The van der Waals surface area contributed by atoms with Crippen LogP contribution in [0.15, 0.2) is 54.6 Å². The normalized spacial score (nSPS) is 12.8. The van der Waals surface area contributed by atoms with Crippen molar-refractivity contribution in [2.45, 2.75) is 18.8 Å². The molecule has 0 aliphatic carbocycles. The summed E-state index contributed by atoms with van der Waals surface area (Å²) >= 11 is 0. The van der Waals surface area contributed by atoms with E-state index in [-0.39, 0.29) is 5.78 Å². The number of ketones is 1. The first-order valence-corrected chi connectivity index (χ1v) is 7.00. The average Bonchev–Trinajstić information content (AvgIpc) is 2.56. The van der Waals surface area contributed by atoms with Gasteiger partial charge in [-0.2, -0.15) is 4.79 Å². The van der Waals surface area contributed by atoms with Gasteiger partial charge in [0.2, 0.25) is 5.78 Å². The van der Waals surface area contributed by atoms with Crippen molar-refractivity contribution in [1.29, 1.82) is 0 Å². The summed E-state index contributed by atoms with van der Waals surface area (Å²) in [4.78, 5) is 15.4. The molecule has 0 fully saturated rings. The highest BCUT2D eigenvalue weighted by molar-refractivity contribution is 6.29. The van der Waals surface area contributed by atoms with Crippen LogP contribution >= 0.6 is 0 Å². The van der Waals surface area contributed by atoms with Gasteiger partial charge in [0, 0.05) is 0 Å². The summed E-state index contributed by atoms with van der Waals surface area (Å²) in [5, 5.41) is 0. The number of rotatable bonds is 6. The first-order valence-electron chi connectivity index (χ1n) is 7.00. The smallest absolute Gasteiger partial charge is 0.324 e. The lowest BCUT2D eigenvalue weighted by atomic mass is 9.74. The van der Waals surface area contributed by atoms with Gasteiger partial charge in [-0.1, -0.05) is 42.5 Å². The molecule has 0 heterocycles. The summed E-state index contributed by atoms with van der Waals surface area (Å²) < 4.78 is 5.16. The Morgan fingerprint density at radius 1 is 1.18 bits per heavy atom. The van der Waals surface area contributed by atoms with E-state index in [9.17, 15) is 4.79 Å². The van der Waals surface area contributed by atoms with Crippen molar-refractivity contribution in [2.24, 2.45) is 0 Å². The summed E-state index contributed by atoms with van der Waals surface area (Å²) in [6, 6.07) is 17.1. The van der Waals surface area contributed by atoms with Gasteiger partial charge in [0.15, 0.2) is 0 Å². The molecule has 0 spiro atoms. The number of nitrogens with zero attached hydrogens (tertiary/aromatic N) is 2. The highest BCUT2D eigenvalue weighted by Crippen LogP contribution is 2.30. The van der Waals surface area contributed by atoms with Gasteiger partial charge in [0.05, 0.1) is 12.5 Å². The third-order valence-corrected chi connectivity index (χ3v) is 3.85. The number of hydrogen-bond donors (Lipinski definition) is 0. The molecule has 0 saturated heterocycles. The number of carbonyl (C=O) groups is 1. The second-order valence-corrected chi connectivity index (χ2v) is 5.33. The molecular formula is C18H18N2O2. The fourth-order valence-corrected chi connectivity index (χ4v) is 2.49. The zero-order valence-corrected chi connectivity index (χ0v) is 12.7. The first kappa shape index (κ1) is 15.7. The Morgan fingerprint density at radius 3 is 2.36 bits per heavy atom. The largest absolute Gasteiger partial charge is 0.497 e. The molecule has 0 radical (unpaired) electrons. The fourth-order valence-electron chi connectivity index (χ4n) is 2.49. The molecule has 2 aromatic carbocycles. The van der Waals surface area contributed by atoms with E-state index in [1.54, 1.807) is 7.11 Å². The predicted molar refractivity (Wildman–Crippen MR) is 85.2 cm³/mol. The van der Waals surface area contributed by atoms with Crippen molar-refractivity contribution in [3.8, 4) is 5.75 Å². The standard InChI is InChI=1S/C18H18N2O2/c1-18(17(21)13-20-19,12-14-6-4-3-5-7-14)15-8-10-16(22-2)11-9-15/h3-11,13H,12H2,1-2H3. The van der Waals surface area contributed by atoms with Gasteiger partial charge in [0.1, 0.15) is 5.75 Å². The van der Waals surface area contributed by atoms with Crippen LogP contribution in [0.4, 0.5) is 0 Å². The SMILES string of the molecule is COc1ccc(C(C)(Cc2ccccc2)C(=O)C=[N+]=[N-])cc1. The van der Waals surface area contributed by atoms with E-state index >= 15 is 0 Å². The molecule has 4 heteroatoms. The summed E-state index contributed by atoms with van der Waals surface area (Å²) in [6.45, 7) is 1.85. The van der Waals surface area contributed by atoms with Crippen LogP contribution in [-0.2, 0) is 16.6 Å². The Balaban J connectivity index is 2.44. The molecule has 0 saturated carbocycles. The van der Waals surface area contributed by atoms with E-state index in [0.717, 1.165) is 23.1 Å². The highest BCUT2D eigenvalue weighted by atomic mass is 16.5. The van der Waals surface area contributed by atoms with Gasteiger partial charge < -0.3 is 10.3 Å². The second-order valence-electron chi connectivity index (χ2n) is 5.33. The Bertz CT molecular complexity index is 689. The molecule has 2 rings (SSSR count). The molecule has 4 nitrogen and oxygen atoms in total. The Labute approximate surface area is 130 Å². The molecule has 0 aliphatic heterocycles. The monoisotopic (exact) mass is 294 g/mol. The maximum atomic E-state index is 12.5. The molecule has 1 atom stereocenters. The number of benzene rings is 2. The van der Waals surface area contributed by atoms with Gasteiger partial charge in [-0.3, -0.25) is 4.79 Å². The first-order chi connectivity index (χ1) is 10.6. The molecule has 0 N–H and O–H groups in total. The lowest BCUT2D eigenvalue weighted by Crippen LogP contribution is -2.36. The predicted octanol–water partition coefficient (Wildman–Crippen LogP) is 3.07. The van der Waals surface area contributed by atoms with E-state index in [2.05, 4.69) is 4.79 Å². The van der Waals surface area contributed by atoms with Crippen LogP contribution in [0, 0.1) is 0 Å². The van der Waals surface area contributed by atoms with Crippen LogP contribution < -0.4 is 4.74 Å². The number of Topliss-reactive ketones (excluding diaryl/α,β-unsaturated/α-hetero) is 1. The Kier molecular flexibility index (Phi) is 4.87. The number of methoxy groups -OCH3 is 1. The van der Waals surface area contributed by atoms with Gasteiger partial charge in [-0.25, -0.2) is 0 Å². The third kappa shape index (κ3) is 3.30. The Morgan fingerprint density at radius 2 is 1.82 bits per heavy atom. The second kappa shape index (κ2) is 6.83. The maximum Gasteiger partial charge on any atom is 0.324 e. The highest BCUT2D eigenvalue weighted by Gasteiger charge is 2.36. The van der Waals surface area contributed by atoms with Crippen molar-refractivity contribution in [3.05, 3.63) is 71.3 Å². The van der Waals surface area contributed by atoms with E-state index in [4.69, 9.17) is 10.3 Å². The molecule has 0 aliphatic rings. The molecule has 112 valence electrons. The third-order valence-electron chi connectivity index (χ3n) is 3.85. The zero-order chi connectivity index (χ0) is 16.0. The summed E-state index contributed by atoms with van der Waals surface area (Å²) in [6.07, 6.45) is 1.48. The van der Waals surface area contributed by atoms with Crippen LogP contribution in [0.1, 0.15) is 18.1 Å². The van der Waals surface area contributed by atoms with E-state index in [1.807, 2.05) is 61.5 Å². The van der Waals surface area contributed by atoms with E-state index in [0.29, 0.717) is 6.42 Å². The topological polar surface area (TPSA) is 62.7 Å². The molecule has 2 aromatic rings. The van der Waals surface area contributed by atoms with Gasteiger partial charge in [0.25, 0.3) is 0 Å². The molecule has 1 unspecified atom stereocenters. The maximum absolute atomic E-state index is 12.5.